The molecule has 0 atom stereocenters. The Morgan fingerprint density at radius 3 is 2.67 bits per heavy atom. The molecule has 0 N–H and O–H groups in total. The Balaban J connectivity index is 1.73. The number of anilines is 1. The van der Waals surface area contributed by atoms with Crippen LogP contribution in [-0.2, 0) is 21.2 Å². The highest BCUT2D eigenvalue weighted by atomic mass is 32.2. The summed E-state index contributed by atoms with van der Waals surface area (Å²) < 4.78 is 30.3. The van der Waals surface area contributed by atoms with Gasteiger partial charge in [0.05, 0.1) is 22.6 Å². The fourth-order valence-corrected chi connectivity index (χ4v) is 4.89. The number of esters is 1. The topological polar surface area (TPSA) is 93.6 Å². The molecule has 3 rings (SSSR count). The fraction of sp³-hybridized carbons (Fsp3) is 0.389. The van der Waals surface area contributed by atoms with Gasteiger partial charge in [0.2, 0.25) is 10.0 Å². The molecule has 0 unspecified atom stereocenters. The SMILES string of the molecule is Cc1nc(C)c(C(=O)OCC(=O)c2ccc3c(c2)CCCN3S(C)(=O)=O)s1. The summed E-state index contributed by atoms with van der Waals surface area (Å²) >= 11 is 1.23. The number of ether oxygens (including phenoxy) is 1. The molecule has 27 heavy (non-hydrogen) atoms. The summed E-state index contributed by atoms with van der Waals surface area (Å²) in [5, 5.41) is 0.760. The number of hydrogen-bond donors (Lipinski definition) is 0. The van der Waals surface area contributed by atoms with Crippen molar-refractivity contribution in [2.24, 2.45) is 0 Å². The average Bonchev–Trinajstić information content (AvgIpc) is 2.95. The van der Waals surface area contributed by atoms with E-state index in [9.17, 15) is 18.0 Å². The molecule has 1 aliphatic rings. The van der Waals surface area contributed by atoms with Crippen LogP contribution in [-0.4, -0.2) is 44.6 Å². The van der Waals surface area contributed by atoms with Crippen LogP contribution in [0.3, 0.4) is 0 Å². The van der Waals surface area contributed by atoms with Gasteiger partial charge in [0.15, 0.2) is 12.4 Å². The van der Waals surface area contributed by atoms with Crippen LogP contribution < -0.4 is 4.31 Å². The molecule has 0 saturated heterocycles. The van der Waals surface area contributed by atoms with Gasteiger partial charge in [-0.05, 0) is 50.5 Å². The van der Waals surface area contributed by atoms with Gasteiger partial charge in [-0.1, -0.05) is 0 Å². The molecule has 0 fully saturated rings. The van der Waals surface area contributed by atoms with Gasteiger partial charge in [0, 0.05) is 12.1 Å². The number of benzene rings is 1. The summed E-state index contributed by atoms with van der Waals surface area (Å²) in [6.07, 6.45) is 2.56. The van der Waals surface area contributed by atoms with Gasteiger partial charge in [-0.25, -0.2) is 18.2 Å². The van der Waals surface area contributed by atoms with Crippen molar-refractivity contribution in [1.82, 2.24) is 4.98 Å². The number of fused-ring (bicyclic) bond motifs is 1. The Labute approximate surface area is 162 Å². The molecule has 0 aliphatic carbocycles. The van der Waals surface area contributed by atoms with E-state index < -0.39 is 16.0 Å². The second-order valence-electron chi connectivity index (χ2n) is 6.43. The molecule has 0 radical (unpaired) electrons. The second kappa shape index (κ2) is 7.40. The molecule has 7 nitrogen and oxygen atoms in total. The average molecular weight is 409 g/mol. The number of carbonyl (C=O) groups excluding carboxylic acids is 2. The van der Waals surface area contributed by atoms with Crippen LogP contribution in [0.2, 0.25) is 0 Å². The molecular formula is C18H20N2O5S2. The normalized spacial score (nSPS) is 14.0. The zero-order valence-electron chi connectivity index (χ0n) is 15.3. The Bertz CT molecular complexity index is 1010. The number of carbonyl (C=O) groups is 2. The number of aromatic nitrogens is 1. The maximum Gasteiger partial charge on any atom is 0.350 e. The number of aryl methyl sites for hydroxylation is 3. The molecule has 1 aromatic heterocycles. The first-order valence-corrected chi connectivity index (χ1v) is 11.1. The lowest BCUT2D eigenvalue weighted by Gasteiger charge is -2.29. The highest BCUT2D eigenvalue weighted by molar-refractivity contribution is 7.92. The number of thiazole rings is 1. The minimum atomic E-state index is -3.35. The van der Waals surface area contributed by atoms with E-state index in [1.165, 1.54) is 21.9 Å². The van der Waals surface area contributed by atoms with Crippen molar-refractivity contribution in [3.63, 3.8) is 0 Å². The lowest BCUT2D eigenvalue weighted by atomic mass is 9.99. The van der Waals surface area contributed by atoms with Crippen LogP contribution in [0.5, 0.6) is 0 Å². The molecule has 2 aromatic rings. The van der Waals surface area contributed by atoms with Gasteiger partial charge in [-0.3, -0.25) is 9.10 Å². The molecule has 1 aromatic carbocycles. The summed E-state index contributed by atoms with van der Waals surface area (Å²) in [4.78, 5) is 29.1. The quantitative estimate of drug-likeness (QED) is 0.557. The first kappa shape index (κ1) is 19.5. The van der Waals surface area contributed by atoms with Crippen LogP contribution in [0.15, 0.2) is 18.2 Å². The van der Waals surface area contributed by atoms with Crippen molar-refractivity contribution in [3.05, 3.63) is 44.9 Å². The molecular weight excluding hydrogens is 388 g/mol. The molecule has 2 heterocycles. The summed E-state index contributed by atoms with van der Waals surface area (Å²) in [6, 6.07) is 4.90. The van der Waals surface area contributed by atoms with Crippen molar-refractivity contribution >= 4 is 38.8 Å². The van der Waals surface area contributed by atoms with Crippen molar-refractivity contribution in [3.8, 4) is 0 Å². The Kier molecular flexibility index (Phi) is 5.34. The molecule has 1 aliphatic heterocycles. The number of rotatable bonds is 5. The summed E-state index contributed by atoms with van der Waals surface area (Å²) in [5.74, 6) is -0.894. The van der Waals surface area contributed by atoms with Crippen molar-refractivity contribution in [2.75, 3.05) is 23.7 Å². The predicted molar refractivity (Wildman–Crippen MR) is 103 cm³/mol. The molecule has 0 amide bonds. The van der Waals surface area contributed by atoms with Gasteiger partial charge >= 0.3 is 5.97 Å². The smallest absolute Gasteiger partial charge is 0.350 e. The van der Waals surface area contributed by atoms with Gasteiger partial charge < -0.3 is 4.74 Å². The van der Waals surface area contributed by atoms with Crippen LogP contribution in [0.25, 0.3) is 0 Å². The number of ketones is 1. The maximum atomic E-state index is 12.4. The first-order chi connectivity index (χ1) is 12.7. The maximum absolute atomic E-state index is 12.4. The second-order valence-corrected chi connectivity index (χ2v) is 9.54. The van der Waals surface area contributed by atoms with Crippen LogP contribution in [0, 0.1) is 13.8 Å². The third-order valence-electron chi connectivity index (χ3n) is 4.30. The lowest BCUT2D eigenvalue weighted by Crippen LogP contribution is -2.34. The number of Topliss-reactive ketones (excluding diaryl/α,β-unsaturated/α-hetero) is 1. The molecule has 144 valence electrons. The number of nitrogens with zero attached hydrogens (tertiary/aromatic N) is 2. The van der Waals surface area contributed by atoms with E-state index in [0.29, 0.717) is 41.2 Å². The molecule has 0 bridgehead atoms. The highest BCUT2D eigenvalue weighted by Crippen LogP contribution is 2.30. The van der Waals surface area contributed by atoms with E-state index >= 15 is 0 Å². The summed E-state index contributed by atoms with van der Waals surface area (Å²) in [5.41, 5.74) is 2.39. The van der Waals surface area contributed by atoms with Crippen LogP contribution in [0.4, 0.5) is 5.69 Å². The monoisotopic (exact) mass is 408 g/mol. The number of hydrogen-bond acceptors (Lipinski definition) is 7. The Morgan fingerprint density at radius 1 is 1.30 bits per heavy atom. The van der Waals surface area contributed by atoms with Gasteiger partial charge in [0.25, 0.3) is 0 Å². The third kappa shape index (κ3) is 4.19. The Hall–Kier alpha value is -2.26. The zero-order chi connectivity index (χ0) is 19.8. The molecule has 0 spiro atoms. The largest absolute Gasteiger partial charge is 0.453 e. The third-order valence-corrected chi connectivity index (χ3v) is 6.53. The summed E-state index contributed by atoms with van der Waals surface area (Å²) in [7, 11) is -3.35. The van der Waals surface area contributed by atoms with Crippen LogP contribution >= 0.6 is 11.3 Å². The van der Waals surface area contributed by atoms with Crippen molar-refractivity contribution in [2.45, 2.75) is 26.7 Å². The van der Waals surface area contributed by atoms with Crippen LogP contribution in [0.1, 0.15) is 42.7 Å². The van der Waals surface area contributed by atoms with Gasteiger partial charge in [-0.2, -0.15) is 0 Å². The van der Waals surface area contributed by atoms with Gasteiger partial charge in [0.1, 0.15) is 4.88 Å². The number of sulfonamides is 1. The van der Waals surface area contributed by atoms with Gasteiger partial charge in [-0.15, -0.1) is 11.3 Å². The van der Waals surface area contributed by atoms with Crippen molar-refractivity contribution in [1.29, 1.82) is 0 Å². The molecule has 0 saturated carbocycles. The first-order valence-electron chi connectivity index (χ1n) is 8.42. The lowest BCUT2D eigenvalue weighted by molar-refractivity contribution is 0.0478. The highest BCUT2D eigenvalue weighted by Gasteiger charge is 2.25. The summed E-state index contributed by atoms with van der Waals surface area (Å²) in [6.45, 7) is 3.58. The van der Waals surface area contributed by atoms with E-state index in [1.807, 2.05) is 0 Å². The van der Waals surface area contributed by atoms with E-state index in [4.69, 9.17) is 4.74 Å². The van der Waals surface area contributed by atoms with E-state index in [1.54, 1.807) is 32.0 Å². The minimum Gasteiger partial charge on any atom is -0.453 e. The zero-order valence-corrected chi connectivity index (χ0v) is 16.9. The predicted octanol–water partition coefficient (Wildman–Crippen LogP) is 2.51. The standard InChI is InChI=1S/C18H20N2O5S2/c1-11-17(26-12(2)19-11)18(22)25-10-16(21)14-6-7-15-13(9-14)5-4-8-20(15)27(3,23)24/h6-7,9H,4-5,8,10H2,1-3H3. The van der Waals surface area contributed by atoms with Crippen molar-refractivity contribution < 1.29 is 22.7 Å². The van der Waals surface area contributed by atoms with E-state index in [2.05, 4.69) is 4.98 Å². The van der Waals surface area contributed by atoms with E-state index in [-0.39, 0.29) is 12.4 Å². The minimum absolute atomic E-state index is 0.332. The fourth-order valence-electron chi connectivity index (χ4n) is 3.08. The van der Waals surface area contributed by atoms with E-state index in [0.717, 1.165) is 10.6 Å². The Morgan fingerprint density at radius 2 is 2.04 bits per heavy atom. The molecule has 9 heteroatoms.